The topological polar surface area (TPSA) is 149 Å². The number of ketones is 1. The molecule has 10 nitrogen and oxygen atoms in total. The molecule has 1 saturated carbocycles. The smallest absolute Gasteiger partial charge is 0.343 e. The molecular formula is C19H20N6O4S. The Balaban J connectivity index is 1.50. The van der Waals surface area contributed by atoms with Gasteiger partial charge in [-0.1, -0.05) is 42.1 Å². The van der Waals surface area contributed by atoms with Gasteiger partial charge in [-0.05, 0) is 24.8 Å². The second-order valence-electron chi connectivity index (χ2n) is 7.03. The summed E-state index contributed by atoms with van der Waals surface area (Å²) in [6.45, 7) is 0.394. The number of nitrogens with two attached hydrogens (primary N) is 1. The van der Waals surface area contributed by atoms with Gasteiger partial charge in [0.15, 0.2) is 10.9 Å². The monoisotopic (exact) mass is 428 g/mol. The number of thioether (sulfide) groups is 1. The number of nitrogens with zero attached hydrogens (tertiary/aromatic N) is 3. The summed E-state index contributed by atoms with van der Waals surface area (Å²) in [5, 5.41) is 6.70. The minimum Gasteiger partial charge on any atom is -0.384 e. The molecule has 30 heavy (non-hydrogen) atoms. The van der Waals surface area contributed by atoms with Crippen molar-refractivity contribution in [3.63, 3.8) is 0 Å². The molecule has 3 aromatic rings. The fourth-order valence-electron chi connectivity index (χ4n) is 3.23. The lowest BCUT2D eigenvalue weighted by Gasteiger charge is -2.11. The standard InChI is InChI=1S/C19H20N6O4S/c20-15-14(16(27)21-17(28)25(15)12-6-7-12)13(26)10-30-19-23-22-18(29)24(19)9-8-11-4-2-1-3-5-11/h1-5,12H,6-10,20H2,(H,22,29)(H,21,27,28). The predicted octanol–water partition coefficient (Wildman–Crippen LogP) is 0.556. The first-order chi connectivity index (χ1) is 14.5. The number of benzene rings is 1. The third kappa shape index (κ3) is 4.01. The molecule has 0 saturated heterocycles. The number of Topliss-reactive ketones (excluding diaryl/α,β-unsaturated/α-hetero) is 1. The van der Waals surface area contributed by atoms with Gasteiger partial charge in [0.1, 0.15) is 11.4 Å². The number of aromatic amines is 2. The molecule has 0 atom stereocenters. The maximum atomic E-state index is 12.7. The quantitative estimate of drug-likeness (QED) is 0.350. The molecule has 1 aromatic carbocycles. The van der Waals surface area contributed by atoms with Gasteiger partial charge in [0.25, 0.3) is 5.56 Å². The maximum Gasteiger partial charge on any atom is 0.343 e. The lowest BCUT2D eigenvalue weighted by molar-refractivity contribution is 0.102. The van der Waals surface area contributed by atoms with E-state index in [0.29, 0.717) is 18.1 Å². The highest BCUT2D eigenvalue weighted by atomic mass is 32.2. The molecule has 1 fully saturated rings. The largest absolute Gasteiger partial charge is 0.384 e. The van der Waals surface area contributed by atoms with Gasteiger partial charge < -0.3 is 5.73 Å². The lowest BCUT2D eigenvalue weighted by Crippen LogP contribution is -2.36. The van der Waals surface area contributed by atoms with Crippen LogP contribution in [-0.2, 0) is 13.0 Å². The molecule has 4 N–H and O–H groups in total. The molecule has 1 aliphatic carbocycles. The molecule has 0 bridgehead atoms. The van der Waals surface area contributed by atoms with Gasteiger partial charge in [0.2, 0.25) is 0 Å². The molecule has 2 heterocycles. The third-order valence-electron chi connectivity index (χ3n) is 4.90. The molecule has 0 unspecified atom stereocenters. The number of H-pyrrole nitrogens is 2. The van der Waals surface area contributed by atoms with E-state index in [-0.39, 0.29) is 28.9 Å². The van der Waals surface area contributed by atoms with Gasteiger partial charge >= 0.3 is 11.4 Å². The van der Waals surface area contributed by atoms with Crippen LogP contribution in [0.3, 0.4) is 0 Å². The van der Waals surface area contributed by atoms with Crippen LogP contribution in [0.4, 0.5) is 5.82 Å². The lowest BCUT2D eigenvalue weighted by atomic mass is 10.1. The highest BCUT2D eigenvalue weighted by Gasteiger charge is 2.30. The number of carbonyl (C=O) groups is 1. The fraction of sp³-hybridized carbons (Fsp3) is 0.316. The van der Waals surface area contributed by atoms with E-state index in [1.807, 2.05) is 30.3 Å². The van der Waals surface area contributed by atoms with E-state index < -0.39 is 17.0 Å². The van der Waals surface area contributed by atoms with Crippen molar-refractivity contribution in [1.82, 2.24) is 24.3 Å². The van der Waals surface area contributed by atoms with Crippen molar-refractivity contribution < 1.29 is 4.79 Å². The Hall–Kier alpha value is -3.34. The van der Waals surface area contributed by atoms with Gasteiger partial charge in [-0.25, -0.2) is 14.7 Å². The number of hydrogen-bond donors (Lipinski definition) is 3. The minimum absolute atomic E-state index is 0.0805. The zero-order valence-electron chi connectivity index (χ0n) is 16.0. The summed E-state index contributed by atoms with van der Waals surface area (Å²) in [6, 6.07) is 9.61. The zero-order chi connectivity index (χ0) is 21.3. The van der Waals surface area contributed by atoms with E-state index in [0.717, 1.165) is 30.2 Å². The van der Waals surface area contributed by atoms with Crippen LogP contribution in [0.2, 0.25) is 0 Å². The van der Waals surface area contributed by atoms with Crippen molar-refractivity contribution in [2.75, 3.05) is 11.5 Å². The number of rotatable bonds is 8. The van der Waals surface area contributed by atoms with Gasteiger partial charge in [-0.2, -0.15) is 0 Å². The number of nitrogens with one attached hydrogen (secondary N) is 2. The van der Waals surface area contributed by atoms with Crippen LogP contribution in [0.1, 0.15) is 34.8 Å². The van der Waals surface area contributed by atoms with E-state index in [1.54, 1.807) is 0 Å². The van der Waals surface area contributed by atoms with Crippen LogP contribution < -0.4 is 22.7 Å². The number of aromatic nitrogens is 5. The average Bonchev–Trinajstić information content (AvgIpc) is 3.48. The third-order valence-corrected chi connectivity index (χ3v) is 5.87. The first-order valence-electron chi connectivity index (χ1n) is 9.45. The molecule has 156 valence electrons. The Kier molecular flexibility index (Phi) is 5.44. The first-order valence-corrected chi connectivity index (χ1v) is 10.4. The Bertz CT molecular complexity index is 1250. The molecule has 11 heteroatoms. The van der Waals surface area contributed by atoms with Gasteiger partial charge in [-0.3, -0.25) is 23.7 Å². The van der Waals surface area contributed by atoms with E-state index >= 15 is 0 Å². The van der Waals surface area contributed by atoms with E-state index in [1.165, 1.54) is 9.13 Å². The summed E-state index contributed by atoms with van der Waals surface area (Å²) in [5.74, 6) is -0.787. The Morgan fingerprint density at radius 3 is 2.60 bits per heavy atom. The summed E-state index contributed by atoms with van der Waals surface area (Å²) >= 11 is 1.03. The Morgan fingerprint density at radius 1 is 1.17 bits per heavy atom. The molecule has 2 aromatic heterocycles. The van der Waals surface area contributed by atoms with Crippen LogP contribution in [0.15, 0.2) is 49.9 Å². The number of carbonyl (C=O) groups excluding carboxylic acids is 1. The van der Waals surface area contributed by atoms with E-state index in [2.05, 4.69) is 15.2 Å². The molecule has 0 radical (unpaired) electrons. The van der Waals surface area contributed by atoms with Crippen LogP contribution in [-0.4, -0.2) is 35.9 Å². The highest BCUT2D eigenvalue weighted by Crippen LogP contribution is 2.35. The summed E-state index contributed by atoms with van der Waals surface area (Å²) < 4.78 is 2.72. The summed E-state index contributed by atoms with van der Waals surface area (Å²) in [5.41, 5.74) is 5.03. The second kappa shape index (κ2) is 8.19. The van der Waals surface area contributed by atoms with Gasteiger partial charge in [0, 0.05) is 12.6 Å². The Labute approximate surface area is 174 Å². The first kappa shape index (κ1) is 20.0. The van der Waals surface area contributed by atoms with Crippen LogP contribution in [0.25, 0.3) is 0 Å². The average molecular weight is 428 g/mol. The number of hydrogen-bond acceptors (Lipinski definition) is 7. The molecule has 4 rings (SSSR count). The van der Waals surface area contributed by atoms with Crippen molar-refractivity contribution in [2.24, 2.45) is 0 Å². The van der Waals surface area contributed by atoms with E-state index in [9.17, 15) is 19.2 Å². The highest BCUT2D eigenvalue weighted by molar-refractivity contribution is 7.99. The van der Waals surface area contributed by atoms with Crippen LogP contribution in [0, 0.1) is 0 Å². The van der Waals surface area contributed by atoms with Crippen molar-refractivity contribution in [2.45, 2.75) is 37.0 Å². The van der Waals surface area contributed by atoms with E-state index in [4.69, 9.17) is 5.73 Å². The normalized spacial score (nSPS) is 13.5. The molecule has 1 aliphatic rings. The predicted molar refractivity (Wildman–Crippen MR) is 112 cm³/mol. The molecule has 0 spiro atoms. The SMILES string of the molecule is Nc1c(C(=O)CSc2n[nH]c(=O)n2CCc2ccccc2)c(=O)[nH]c(=O)n1C1CC1. The van der Waals surface area contributed by atoms with Crippen molar-refractivity contribution in [3.8, 4) is 0 Å². The van der Waals surface area contributed by atoms with Crippen LogP contribution in [0.5, 0.6) is 0 Å². The van der Waals surface area contributed by atoms with Gasteiger partial charge in [0.05, 0.1) is 5.75 Å². The maximum absolute atomic E-state index is 12.7. The summed E-state index contributed by atoms with van der Waals surface area (Å²) in [7, 11) is 0. The van der Waals surface area contributed by atoms with Crippen molar-refractivity contribution in [3.05, 3.63) is 72.8 Å². The van der Waals surface area contributed by atoms with Crippen LogP contribution >= 0.6 is 11.8 Å². The molecule has 0 amide bonds. The minimum atomic E-state index is -0.802. The van der Waals surface area contributed by atoms with Crippen molar-refractivity contribution >= 4 is 23.4 Å². The zero-order valence-corrected chi connectivity index (χ0v) is 16.8. The second-order valence-corrected chi connectivity index (χ2v) is 7.97. The Morgan fingerprint density at radius 2 is 1.90 bits per heavy atom. The summed E-state index contributed by atoms with van der Waals surface area (Å²) in [4.78, 5) is 51.1. The fourth-order valence-corrected chi connectivity index (χ4v) is 4.07. The number of aryl methyl sites for hydroxylation is 1. The van der Waals surface area contributed by atoms with Crippen molar-refractivity contribution in [1.29, 1.82) is 0 Å². The van der Waals surface area contributed by atoms with Gasteiger partial charge in [-0.15, -0.1) is 5.10 Å². The molecule has 0 aliphatic heterocycles. The number of nitrogen functional groups attached to an aromatic ring is 1. The summed E-state index contributed by atoms with van der Waals surface area (Å²) in [6.07, 6.45) is 2.18. The number of anilines is 1. The molecular weight excluding hydrogens is 408 g/mol.